The van der Waals surface area contributed by atoms with Gasteiger partial charge in [-0.15, -0.1) is 0 Å². The van der Waals surface area contributed by atoms with E-state index in [0.29, 0.717) is 32.5 Å². The van der Waals surface area contributed by atoms with Crippen molar-refractivity contribution in [1.82, 2.24) is 0 Å². The van der Waals surface area contributed by atoms with Crippen molar-refractivity contribution < 1.29 is 0 Å². The smallest absolute Gasteiger partial charge is 0.0326 e. The lowest BCUT2D eigenvalue weighted by atomic mass is 9.75. The third-order valence-electron chi connectivity index (χ3n) is 22.0. The molecule has 0 heteroatoms. The van der Waals surface area contributed by atoms with Crippen LogP contribution in [-0.4, -0.2) is 0 Å². The summed E-state index contributed by atoms with van der Waals surface area (Å²) >= 11 is 0. The first-order valence-electron chi connectivity index (χ1n) is 36.1. The predicted octanol–water partition coefficient (Wildman–Crippen LogP) is 28.4. The summed E-state index contributed by atoms with van der Waals surface area (Å²) in [7, 11) is 0. The second-order valence-corrected chi connectivity index (χ2v) is 29.9. The van der Waals surface area contributed by atoms with Crippen LogP contribution in [0.4, 0.5) is 0 Å². The van der Waals surface area contributed by atoms with E-state index < -0.39 is 0 Å². The molecule has 0 spiro atoms. The Morgan fingerprint density at radius 3 is 0.373 bits per heavy atom. The molecular formula is C75H150. The molecule has 6 aliphatic rings. The lowest BCUT2D eigenvalue weighted by Crippen LogP contribution is -2.17. The molecule has 0 aromatic heterocycles. The van der Waals surface area contributed by atoms with Crippen molar-refractivity contribution in [1.29, 1.82) is 0 Å². The third-order valence-corrected chi connectivity index (χ3v) is 22.0. The molecule has 0 amide bonds. The largest absolute Gasteiger partial charge is 0.0654 e. The lowest BCUT2D eigenvalue weighted by Gasteiger charge is -2.31. The molecule has 6 rings (SSSR count). The molecule has 6 fully saturated rings. The van der Waals surface area contributed by atoms with E-state index in [1.807, 2.05) is 0 Å². The fourth-order valence-electron chi connectivity index (χ4n) is 15.2. The summed E-state index contributed by atoms with van der Waals surface area (Å²) < 4.78 is 0. The Balaban J connectivity index is 0.000000451. The van der Waals surface area contributed by atoms with E-state index >= 15 is 0 Å². The Morgan fingerprint density at radius 1 is 0.160 bits per heavy atom. The van der Waals surface area contributed by atoms with E-state index in [9.17, 15) is 0 Å². The molecule has 6 saturated carbocycles. The molecule has 0 unspecified atom stereocenters. The van der Waals surface area contributed by atoms with Gasteiger partial charge in [-0.2, -0.15) is 0 Å². The fraction of sp³-hybridized carbons (Fsp3) is 1.00. The highest BCUT2D eigenvalue weighted by atomic mass is 14.3. The standard InChI is InChI=1S/C14H28.2C13H26.2C12H24.C11H22/c1-3-11-14(2)12-9-7-5-4-6-8-10-13-14;1-3-13(2)11-9-7-5-4-6-8-10-12-13;1-3-10-13(2)11-8-6-4-5-7-9-12-13;1-3-12(2)10-8-6-4-5-7-9-11-12;1-3-9-12(2)10-7-5-4-6-8-11-12;1-3-11(2)9-7-5-4-6-8-10-11/h3-13H2,1-2H3;2*3-12H2,1-2H3;2*3-11H2,1-2H3;3-10H2,1-2H3. The second kappa shape index (κ2) is 45.6. The van der Waals surface area contributed by atoms with Gasteiger partial charge in [-0.25, -0.2) is 0 Å². The first-order chi connectivity index (χ1) is 36.1. The minimum Gasteiger partial charge on any atom is -0.0654 e. The van der Waals surface area contributed by atoms with Gasteiger partial charge in [0.15, 0.2) is 0 Å². The first kappa shape index (κ1) is 73.0. The summed E-state index contributed by atoms with van der Waals surface area (Å²) in [6, 6.07) is 0. The molecule has 0 radical (unpaired) electrons. The van der Waals surface area contributed by atoms with Crippen molar-refractivity contribution in [2.75, 3.05) is 0 Å². The number of hydrogen-bond acceptors (Lipinski definition) is 0. The number of hydrogen-bond donors (Lipinski definition) is 0. The molecule has 0 aliphatic heterocycles. The zero-order chi connectivity index (χ0) is 55.3. The van der Waals surface area contributed by atoms with Crippen LogP contribution in [0.25, 0.3) is 0 Å². The molecular weight excluding hydrogens is 901 g/mol. The first-order valence-corrected chi connectivity index (χ1v) is 36.1. The van der Waals surface area contributed by atoms with Crippen molar-refractivity contribution in [3.8, 4) is 0 Å². The predicted molar refractivity (Wildman–Crippen MR) is 346 cm³/mol. The SMILES string of the molecule is CCC1(C)CCCCCCC1.CCC1(C)CCCCCCCC1.CCC1(C)CCCCCCCCC1.CCCC1(C)CCCCCCC1.CCCC1(C)CCCCCCCC1.CCCC1(C)CCCCCCCCC1. The van der Waals surface area contributed by atoms with Crippen molar-refractivity contribution in [2.24, 2.45) is 32.5 Å². The van der Waals surface area contributed by atoms with Crippen LogP contribution in [0.2, 0.25) is 0 Å². The molecule has 0 aromatic rings. The van der Waals surface area contributed by atoms with E-state index in [4.69, 9.17) is 0 Å². The maximum Gasteiger partial charge on any atom is -0.0326 e. The van der Waals surface area contributed by atoms with Crippen molar-refractivity contribution in [3.05, 3.63) is 0 Å². The number of rotatable bonds is 9. The van der Waals surface area contributed by atoms with Crippen LogP contribution in [0.5, 0.6) is 0 Å². The topological polar surface area (TPSA) is 0 Å². The summed E-state index contributed by atoms with van der Waals surface area (Å²) in [6.07, 6.45) is 83.8. The van der Waals surface area contributed by atoms with Gasteiger partial charge in [0.2, 0.25) is 0 Å². The van der Waals surface area contributed by atoms with Gasteiger partial charge in [0.05, 0.1) is 0 Å². The van der Waals surface area contributed by atoms with E-state index in [1.54, 1.807) is 0 Å². The monoisotopic (exact) mass is 1050 g/mol. The summed E-state index contributed by atoms with van der Waals surface area (Å²) in [6.45, 7) is 29.1. The summed E-state index contributed by atoms with van der Waals surface area (Å²) in [5, 5.41) is 0. The van der Waals surface area contributed by atoms with Gasteiger partial charge < -0.3 is 0 Å². The molecule has 6 aliphatic carbocycles. The third kappa shape index (κ3) is 39.1. The van der Waals surface area contributed by atoms with Crippen LogP contribution in [-0.2, 0) is 0 Å². The normalized spacial score (nSPS) is 25.0. The van der Waals surface area contributed by atoms with Gasteiger partial charge in [0, 0.05) is 0 Å². The molecule has 450 valence electrons. The molecule has 0 saturated heterocycles. The van der Waals surface area contributed by atoms with Gasteiger partial charge in [0.25, 0.3) is 0 Å². The van der Waals surface area contributed by atoms with E-state index in [-0.39, 0.29) is 0 Å². The van der Waals surface area contributed by atoms with Crippen molar-refractivity contribution in [2.45, 2.75) is 449 Å². The maximum absolute atomic E-state index is 2.53. The molecule has 0 atom stereocenters. The Kier molecular flexibility index (Phi) is 44.4. The van der Waals surface area contributed by atoms with Crippen LogP contribution in [0.3, 0.4) is 0 Å². The summed E-state index contributed by atoms with van der Waals surface area (Å²) in [5.41, 5.74) is 4.14. The zero-order valence-electron chi connectivity index (χ0n) is 55.3. The van der Waals surface area contributed by atoms with Crippen molar-refractivity contribution in [3.63, 3.8) is 0 Å². The fourth-order valence-corrected chi connectivity index (χ4v) is 15.2. The molecule has 0 bridgehead atoms. The van der Waals surface area contributed by atoms with Crippen LogP contribution in [0.1, 0.15) is 449 Å². The highest BCUT2D eigenvalue weighted by Gasteiger charge is 2.27. The molecule has 0 heterocycles. The lowest BCUT2D eigenvalue weighted by molar-refractivity contribution is 0.217. The highest BCUT2D eigenvalue weighted by Crippen LogP contribution is 2.41. The maximum atomic E-state index is 2.53. The van der Waals surface area contributed by atoms with Crippen LogP contribution < -0.4 is 0 Å². The molecule has 0 aromatic carbocycles. The van der Waals surface area contributed by atoms with Crippen molar-refractivity contribution >= 4 is 0 Å². The van der Waals surface area contributed by atoms with Crippen LogP contribution in [0.15, 0.2) is 0 Å². The van der Waals surface area contributed by atoms with Gasteiger partial charge in [0.1, 0.15) is 0 Å². The Hall–Kier alpha value is 0. The minimum atomic E-state index is 0.678. The molecule has 75 heavy (non-hydrogen) atoms. The van der Waals surface area contributed by atoms with Gasteiger partial charge in [-0.3, -0.25) is 0 Å². The van der Waals surface area contributed by atoms with Crippen LogP contribution in [0, 0.1) is 32.5 Å². The van der Waals surface area contributed by atoms with Gasteiger partial charge in [-0.1, -0.05) is 353 Å². The zero-order valence-corrected chi connectivity index (χ0v) is 55.3. The summed E-state index contributed by atoms with van der Waals surface area (Å²) in [4.78, 5) is 0. The van der Waals surface area contributed by atoms with Gasteiger partial charge >= 0.3 is 0 Å². The average Bonchev–Trinajstić information content (AvgIpc) is 3.57. The quantitative estimate of drug-likeness (QED) is 0.216. The van der Waals surface area contributed by atoms with E-state index in [0.717, 1.165) is 0 Å². The Bertz CT molecular complexity index is 1150. The average molecular weight is 1050 g/mol. The Labute approximate surface area is 479 Å². The highest BCUT2D eigenvalue weighted by molar-refractivity contribution is 4.79. The van der Waals surface area contributed by atoms with Gasteiger partial charge in [-0.05, 0) is 129 Å². The van der Waals surface area contributed by atoms with Crippen LogP contribution >= 0.6 is 0 Å². The molecule has 0 N–H and O–H groups in total. The minimum absolute atomic E-state index is 0.678. The summed E-state index contributed by atoms with van der Waals surface area (Å²) in [5.74, 6) is 0. The molecule has 0 nitrogen and oxygen atoms in total. The van der Waals surface area contributed by atoms with E-state index in [2.05, 4.69) is 83.1 Å². The Morgan fingerprint density at radius 2 is 0.267 bits per heavy atom. The van der Waals surface area contributed by atoms with E-state index in [1.165, 1.54) is 366 Å². The second-order valence-electron chi connectivity index (χ2n) is 29.9.